The highest BCUT2D eigenvalue weighted by Gasteiger charge is 2.64. The van der Waals surface area contributed by atoms with Crippen molar-refractivity contribution in [1.82, 2.24) is 20.9 Å². The van der Waals surface area contributed by atoms with E-state index in [1.165, 1.54) is 12.1 Å². The van der Waals surface area contributed by atoms with Crippen molar-refractivity contribution < 1.29 is 33.0 Å². The van der Waals surface area contributed by atoms with Crippen LogP contribution < -0.4 is 30.5 Å². The number of anilines is 2. The Bertz CT molecular complexity index is 2120. The van der Waals surface area contributed by atoms with E-state index in [-0.39, 0.29) is 59.3 Å². The van der Waals surface area contributed by atoms with E-state index in [0.29, 0.717) is 43.1 Å². The van der Waals surface area contributed by atoms with E-state index in [4.69, 9.17) is 9.47 Å². The summed E-state index contributed by atoms with van der Waals surface area (Å²) in [6.45, 7) is 18.0. The molecule has 0 unspecified atom stereocenters. The molecule has 1 saturated carbocycles. The Morgan fingerprint density at radius 3 is 2.19 bits per heavy atom. The Balaban J connectivity index is 0.879. The highest BCUT2D eigenvalue weighted by Crippen LogP contribution is 2.55. The van der Waals surface area contributed by atoms with E-state index >= 15 is 4.39 Å². The zero-order chi connectivity index (χ0) is 42.2. The first kappa shape index (κ1) is 41.6. The minimum atomic E-state index is -0.877. The van der Waals surface area contributed by atoms with Gasteiger partial charge in [-0.15, -0.1) is 0 Å². The van der Waals surface area contributed by atoms with Crippen LogP contribution in [-0.2, 0) is 14.3 Å². The van der Waals surface area contributed by atoms with Crippen molar-refractivity contribution in [3.63, 3.8) is 0 Å². The van der Waals surface area contributed by atoms with Crippen molar-refractivity contribution in [3.8, 4) is 11.8 Å². The van der Waals surface area contributed by atoms with Crippen LogP contribution in [0, 0.1) is 41.8 Å². The van der Waals surface area contributed by atoms with Crippen LogP contribution in [0.15, 0.2) is 54.6 Å². The van der Waals surface area contributed by atoms with Gasteiger partial charge in [0, 0.05) is 86.0 Å². The van der Waals surface area contributed by atoms with E-state index in [2.05, 4.69) is 64.4 Å². The molecule has 3 heterocycles. The minimum absolute atomic E-state index is 0.00626. The normalized spacial score (nSPS) is 24.0. The van der Waals surface area contributed by atoms with Gasteiger partial charge in [-0.3, -0.25) is 29.4 Å². The number of nitrogens with one attached hydrogen (secondary N) is 3. The second-order valence-electron chi connectivity index (χ2n) is 17.5. The number of imide groups is 1. The molecule has 14 heteroatoms. The molecule has 312 valence electrons. The predicted octanol–water partition coefficient (Wildman–Crippen LogP) is 4.49. The fraction of sp³-hybridized carbons (Fsp3) is 0.489. The molecule has 3 N–H and O–H groups in total. The van der Waals surface area contributed by atoms with Gasteiger partial charge in [-0.1, -0.05) is 27.7 Å². The van der Waals surface area contributed by atoms with Crippen molar-refractivity contribution in [2.45, 2.75) is 78.7 Å². The van der Waals surface area contributed by atoms with Crippen LogP contribution in [0.4, 0.5) is 15.8 Å². The smallest absolute Gasteiger partial charge is 0.254 e. The van der Waals surface area contributed by atoms with E-state index in [1.54, 1.807) is 6.07 Å². The first-order valence-electron chi connectivity index (χ1n) is 20.4. The van der Waals surface area contributed by atoms with E-state index in [0.717, 1.165) is 48.7 Å². The van der Waals surface area contributed by atoms with Gasteiger partial charge in [0.05, 0.1) is 29.9 Å². The quantitative estimate of drug-likeness (QED) is 0.250. The average molecular weight is 808 g/mol. The molecule has 3 aromatic carbocycles. The molecule has 3 aliphatic heterocycles. The summed E-state index contributed by atoms with van der Waals surface area (Å²) in [5.74, 6) is -1.73. The summed E-state index contributed by atoms with van der Waals surface area (Å²) in [5, 5.41) is 17.5. The number of aryl methyl sites for hydroxylation is 2. The number of nitrogens with zero attached hydrogens (tertiary/aromatic N) is 4. The third kappa shape index (κ3) is 8.63. The molecule has 7 rings (SSSR count). The third-order valence-corrected chi connectivity index (χ3v) is 12.6. The topological polar surface area (TPSA) is 156 Å². The van der Waals surface area contributed by atoms with Gasteiger partial charge in [0.25, 0.3) is 11.8 Å². The van der Waals surface area contributed by atoms with Crippen molar-refractivity contribution in [1.29, 1.82) is 5.26 Å². The maximum Gasteiger partial charge on any atom is 0.254 e. The van der Waals surface area contributed by atoms with Crippen LogP contribution in [0.2, 0.25) is 0 Å². The molecule has 4 amide bonds. The molecule has 0 radical (unpaired) electrons. The predicted molar refractivity (Wildman–Crippen MR) is 221 cm³/mol. The van der Waals surface area contributed by atoms with Gasteiger partial charge >= 0.3 is 0 Å². The summed E-state index contributed by atoms with van der Waals surface area (Å²) in [6.07, 6.45) is 0.143. The van der Waals surface area contributed by atoms with Gasteiger partial charge in [0.15, 0.2) is 0 Å². The first-order chi connectivity index (χ1) is 28.0. The fourth-order valence-corrected chi connectivity index (χ4v) is 9.64. The largest absolute Gasteiger partial charge is 0.489 e. The van der Waals surface area contributed by atoms with Gasteiger partial charge in [-0.05, 0) is 86.0 Å². The van der Waals surface area contributed by atoms with Crippen LogP contribution in [0.3, 0.4) is 0 Å². The molecule has 13 nitrogen and oxygen atoms in total. The molecule has 3 saturated heterocycles. The average Bonchev–Trinajstić information content (AvgIpc) is 3.20. The monoisotopic (exact) mass is 807 g/mol. The lowest BCUT2D eigenvalue weighted by Crippen LogP contribution is -2.74. The van der Waals surface area contributed by atoms with Gasteiger partial charge in [-0.25, -0.2) is 4.39 Å². The number of piperazine rings is 1. The van der Waals surface area contributed by atoms with Crippen molar-refractivity contribution in [3.05, 3.63) is 88.2 Å². The van der Waals surface area contributed by atoms with Gasteiger partial charge in [-0.2, -0.15) is 5.26 Å². The number of carbonyl (C=O) groups is 4. The molecule has 4 aliphatic rings. The molecule has 59 heavy (non-hydrogen) atoms. The van der Waals surface area contributed by atoms with Crippen LogP contribution in [0.5, 0.6) is 5.75 Å². The number of nitriles is 1. The summed E-state index contributed by atoms with van der Waals surface area (Å²) in [5.41, 5.74) is 3.92. The van der Waals surface area contributed by atoms with Crippen LogP contribution in [-0.4, -0.2) is 105 Å². The zero-order valence-electron chi connectivity index (χ0n) is 34.7. The summed E-state index contributed by atoms with van der Waals surface area (Å²) in [7, 11) is 0. The molecule has 0 spiro atoms. The van der Waals surface area contributed by atoms with Gasteiger partial charge in [0.1, 0.15) is 23.7 Å². The Morgan fingerprint density at radius 1 is 0.898 bits per heavy atom. The van der Waals surface area contributed by atoms with Crippen molar-refractivity contribution in [2.24, 2.45) is 10.8 Å². The number of halogens is 1. The number of ether oxygens (including phenoxy) is 2. The molecule has 0 aromatic heterocycles. The number of carbonyl (C=O) groups excluding carboxylic acids is 4. The second kappa shape index (κ2) is 16.6. The SMILES string of the molecule is Cc1cc(O[C@H]2C(C)(C)[C@H](NC(=O)c3ccc(N4CCO[C@@H](CN5CCN(c6ccc(C(=O)N[C@@H]7CCC(=O)NC7=O)c(F)c6)CC5)C4)cc3)C2(C)C)cc(C)c1C#N. The maximum absolute atomic E-state index is 15.1. The number of amides is 4. The standard InChI is InChI=1S/C45H54FN7O6/c1-27-21-32(22-28(2)35(27)24-47)59-43-44(3,4)42(45(43,5)6)50-39(55)29-7-9-30(10-8-29)53-19-20-58-33(26-53)25-51-15-17-52(18-16-51)31-11-12-34(36(46)23-31)40(56)48-37-13-14-38(54)49-41(37)57/h7-12,21-23,33,37,42-43H,13-20,25-26H2,1-6H3,(H,48,56)(H,50,55)(H,49,54,57)/t33-,37+,42-,43-/m0/s1. The molecule has 2 atom stereocenters. The van der Waals surface area contributed by atoms with E-state index in [1.807, 2.05) is 50.2 Å². The zero-order valence-corrected chi connectivity index (χ0v) is 34.7. The number of rotatable bonds is 10. The fourth-order valence-electron chi connectivity index (χ4n) is 9.64. The van der Waals surface area contributed by atoms with Crippen molar-refractivity contribution in [2.75, 3.05) is 62.2 Å². The second-order valence-corrected chi connectivity index (χ2v) is 17.5. The number of benzene rings is 3. The third-order valence-electron chi connectivity index (χ3n) is 12.6. The molecular weight excluding hydrogens is 754 g/mol. The summed E-state index contributed by atoms with van der Waals surface area (Å²) in [6, 6.07) is 17.4. The summed E-state index contributed by atoms with van der Waals surface area (Å²) in [4.78, 5) is 56.5. The lowest BCUT2D eigenvalue weighted by atomic mass is 9.49. The first-order valence-corrected chi connectivity index (χ1v) is 20.4. The maximum atomic E-state index is 15.1. The Morgan fingerprint density at radius 2 is 1.56 bits per heavy atom. The highest BCUT2D eigenvalue weighted by molar-refractivity contribution is 6.04. The Labute approximate surface area is 345 Å². The lowest BCUT2D eigenvalue weighted by molar-refractivity contribution is -0.164. The number of hydrogen-bond acceptors (Lipinski definition) is 10. The number of piperidine rings is 1. The number of morpholine rings is 1. The highest BCUT2D eigenvalue weighted by atomic mass is 19.1. The lowest BCUT2D eigenvalue weighted by Gasteiger charge is -2.63. The van der Waals surface area contributed by atoms with Gasteiger partial charge in [0.2, 0.25) is 11.8 Å². The molecule has 1 aliphatic carbocycles. The van der Waals surface area contributed by atoms with Crippen LogP contribution in [0.25, 0.3) is 0 Å². The minimum Gasteiger partial charge on any atom is -0.489 e. The van der Waals surface area contributed by atoms with Crippen LogP contribution >= 0.6 is 0 Å². The van der Waals surface area contributed by atoms with E-state index < -0.39 is 23.7 Å². The molecular formula is C45H54FN7O6. The van der Waals surface area contributed by atoms with Crippen molar-refractivity contribution >= 4 is 35.0 Å². The van der Waals surface area contributed by atoms with Gasteiger partial charge < -0.3 is 29.9 Å². The number of hydrogen-bond donors (Lipinski definition) is 3. The van der Waals surface area contributed by atoms with Crippen LogP contribution in [0.1, 0.15) is 77.9 Å². The molecule has 3 aromatic rings. The Kier molecular flexibility index (Phi) is 11.7. The molecule has 4 fully saturated rings. The summed E-state index contributed by atoms with van der Waals surface area (Å²) >= 11 is 0. The Hall–Kier alpha value is -5.52. The molecule has 0 bridgehead atoms. The summed E-state index contributed by atoms with van der Waals surface area (Å²) < 4.78 is 27.8. The van der Waals surface area contributed by atoms with E-state index in [9.17, 15) is 24.4 Å².